The molecule has 1 N–H and O–H groups in total. The molecule has 0 radical (unpaired) electrons. The average Bonchev–Trinajstić information content (AvgIpc) is 2.82. The number of pyridine rings is 1. The van der Waals surface area contributed by atoms with Crippen molar-refractivity contribution in [2.45, 2.75) is 40.2 Å². The smallest absolute Gasteiger partial charge is 0.341 e. The van der Waals surface area contributed by atoms with Crippen LogP contribution in [0.2, 0.25) is 0 Å². The number of rotatable bonds is 4. The fraction of sp³-hybridized carbons (Fsp3) is 0.429. The SMILES string of the molecule is Cc1cc(C)n(Cc2noc(C(C)C)n2)c(=O)c1C(=O)O. The van der Waals surface area contributed by atoms with E-state index in [1.165, 1.54) is 4.57 Å². The Morgan fingerprint density at radius 2 is 2.10 bits per heavy atom. The third-order valence-electron chi connectivity index (χ3n) is 3.20. The van der Waals surface area contributed by atoms with Crippen molar-refractivity contribution >= 4 is 5.97 Å². The van der Waals surface area contributed by atoms with Crippen molar-refractivity contribution in [3.05, 3.63) is 45.0 Å². The molecule has 0 bridgehead atoms. The van der Waals surface area contributed by atoms with E-state index in [0.717, 1.165) is 0 Å². The van der Waals surface area contributed by atoms with E-state index in [0.29, 0.717) is 23.0 Å². The monoisotopic (exact) mass is 291 g/mol. The van der Waals surface area contributed by atoms with Gasteiger partial charge in [-0.25, -0.2) is 4.79 Å². The molecular formula is C14H17N3O4. The fourth-order valence-corrected chi connectivity index (χ4v) is 2.09. The Hall–Kier alpha value is -2.44. The molecule has 0 atom stereocenters. The Morgan fingerprint density at radius 1 is 1.43 bits per heavy atom. The molecule has 2 heterocycles. The van der Waals surface area contributed by atoms with Crippen molar-refractivity contribution in [1.82, 2.24) is 14.7 Å². The van der Waals surface area contributed by atoms with Gasteiger partial charge in [-0.2, -0.15) is 4.98 Å². The highest BCUT2D eigenvalue weighted by Crippen LogP contribution is 2.12. The molecule has 0 aromatic carbocycles. The maximum atomic E-state index is 12.3. The lowest BCUT2D eigenvalue weighted by Crippen LogP contribution is -2.30. The van der Waals surface area contributed by atoms with E-state index in [4.69, 9.17) is 9.63 Å². The van der Waals surface area contributed by atoms with E-state index in [-0.39, 0.29) is 18.0 Å². The minimum atomic E-state index is -1.23. The van der Waals surface area contributed by atoms with Gasteiger partial charge in [0.05, 0.1) is 6.54 Å². The van der Waals surface area contributed by atoms with Crippen LogP contribution in [0.3, 0.4) is 0 Å². The zero-order chi connectivity index (χ0) is 15.7. The highest BCUT2D eigenvalue weighted by atomic mass is 16.5. The summed E-state index contributed by atoms with van der Waals surface area (Å²) in [5.41, 5.74) is 0.305. The van der Waals surface area contributed by atoms with E-state index in [2.05, 4.69) is 10.1 Å². The number of carbonyl (C=O) groups is 1. The van der Waals surface area contributed by atoms with E-state index >= 15 is 0 Å². The summed E-state index contributed by atoms with van der Waals surface area (Å²) < 4.78 is 6.43. The molecule has 0 aliphatic rings. The Bertz CT molecular complexity index is 743. The maximum Gasteiger partial charge on any atom is 0.341 e. The number of aryl methyl sites for hydroxylation is 2. The van der Waals surface area contributed by atoms with E-state index in [9.17, 15) is 9.59 Å². The predicted octanol–water partition coefficient (Wildman–Crippen LogP) is 1.72. The number of nitrogens with zero attached hydrogens (tertiary/aromatic N) is 3. The summed E-state index contributed by atoms with van der Waals surface area (Å²) in [7, 11) is 0. The first-order valence-electron chi connectivity index (χ1n) is 6.58. The van der Waals surface area contributed by atoms with Gasteiger partial charge in [0.15, 0.2) is 5.82 Å². The van der Waals surface area contributed by atoms with Crippen LogP contribution in [0.4, 0.5) is 0 Å². The Labute approximate surface area is 121 Å². The quantitative estimate of drug-likeness (QED) is 0.921. The summed E-state index contributed by atoms with van der Waals surface area (Å²) in [5, 5.41) is 13.0. The van der Waals surface area contributed by atoms with Crippen LogP contribution in [0.25, 0.3) is 0 Å². The molecule has 0 fully saturated rings. The number of carboxylic acid groups (broad SMARTS) is 1. The zero-order valence-corrected chi connectivity index (χ0v) is 12.4. The molecule has 7 nitrogen and oxygen atoms in total. The highest BCUT2D eigenvalue weighted by Gasteiger charge is 2.18. The highest BCUT2D eigenvalue weighted by molar-refractivity contribution is 5.88. The molecule has 0 saturated carbocycles. The standard InChI is InChI=1S/C14H17N3O4/c1-7(2)12-15-10(16-21-12)6-17-9(4)5-8(3)11(13(17)18)14(19)20/h5,7H,6H2,1-4H3,(H,19,20). The number of hydrogen-bond donors (Lipinski definition) is 1. The topological polar surface area (TPSA) is 98.2 Å². The first-order chi connectivity index (χ1) is 9.81. The lowest BCUT2D eigenvalue weighted by molar-refractivity contribution is 0.0693. The summed E-state index contributed by atoms with van der Waals surface area (Å²) in [5.74, 6) is -0.302. The van der Waals surface area contributed by atoms with Gasteiger partial charge in [-0.1, -0.05) is 19.0 Å². The van der Waals surface area contributed by atoms with Crippen molar-refractivity contribution in [1.29, 1.82) is 0 Å². The van der Waals surface area contributed by atoms with Crippen LogP contribution in [0, 0.1) is 13.8 Å². The van der Waals surface area contributed by atoms with Gasteiger partial charge < -0.3 is 14.2 Å². The number of hydrogen-bond acceptors (Lipinski definition) is 5. The second kappa shape index (κ2) is 5.51. The number of aromatic nitrogens is 3. The second-order valence-electron chi connectivity index (χ2n) is 5.24. The largest absolute Gasteiger partial charge is 0.477 e. The van der Waals surface area contributed by atoms with Crippen LogP contribution >= 0.6 is 0 Å². The average molecular weight is 291 g/mol. The van der Waals surface area contributed by atoms with Crippen LogP contribution < -0.4 is 5.56 Å². The normalized spacial score (nSPS) is 11.1. The third-order valence-corrected chi connectivity index (χ3v) is 3.20. The minimum absolute atomic E-state index is 0.0848. The molecule has 7 heteroatoms. The fourth-order valence-electron chi connectivity index (χ4n) is 2.09. The van der Waals surface area contributed by atoms with Gasteiger partial charge in [-0.3, -0.25) is 4.79 Å². The molecular weight excluding hydrogens is 274 g/mol. The summed E-state index contributed by atoms with van der Waals surface area (Å²) in [4.78, 5) is 27.7. The van der Waals surface area contributed by atoms with E-state index in [1.807, 2.05) is 13.8 Å². The molecule has 0 spiro atoms. The van der Waals surface area contributed by atoms with Crippen molar-refractivity contribution < 1.29 is 14.4 Å². The molecule has 0 saturated heterocycles. The Kier molecular flexibility index (Phi) is 3.93. The molecule has 0 unspecified atom stereocenters. The molecule has 0 amide bonds. The summed E-state index contributed by atoms with van der Waals surface area (Å²) >= 11 is 0. The van der Waals surface area contributed by atoms with Gasteiger partial charge in [0, 0.05) is 11.6 Å². The van der Waals surface area contributed by atoms with E-state index < -0.39 is 11.5 Å². The summed E-state index contributed by atoms with van der Waals surface area (Å²) in [6, 6.07) is 1.66. The van der Waals surface area contributed by atoms with Crippen LogP contribution in [0.5, 0.6) is 0 Å². The molecule has 112 valence electrons. The van der Waals surface area contributed by atoms with Gasteiger partial charge in [0.1, 0.15) is 5.56 Å². The lowest BCUT2D eigenvalue weighted by atomic mass is 10.1. The van der Waals surface area contributed by atoms with Crippen molar-refractivity contribution in [2.24, 2.45) is 0 Å². The van der Waals surface area contributed by atoms with E-state index in [1.54, 1.807) is 19.9 Å². The first-order valence-corrected chi connectivity index (χ1v) is 6.58. The summed E-state index contributed by atoms with van der Waals surface area (Å²) in [6.07, 6.45) is 0. The molecule has 2 aromatic heterocycles. The van der Waals surface area contributed by atoms with Gasteiger partial charge in [0.25, 0.3) is 5.56 Å². The van der Waals surface area contributed by atoms with Crippen LogP contribution in [0.15, 0.2) is 15.4 Å². The number of carboxylic acids is 1. The predicted molar refractivity (Wildman–Crippen MR) is 74.6 cm³/mol. The second-order valence-corrected chi connectivity index (χ2v) is 5.24. The van der Waals surface area contributed by atoms with Crippen molar-refractivity contribution in [3.8, 4) is 0 Å². The van der Waals surface area contributed by atoms with Crippen LogP contribution in [-0.4, -0.2) is 25.8 Å². The van der Waals surface area contributed by atoms with Crippen molar-refractivity contribution in [2.75, 3.05) is 0 Å². The molecule has 2 aromatic rings. The molecule has 0 aliphatic carbocycles. The third kappa shape index (κ3) is 2.86. The van der Waals surface area contributed by atoms with Gasteiger partial charge >= 0.3 is 5.97 Å². The maximum absolute atomic E-state index is 12.3. The Morgan fingerprint density at radius 3 is 2.62 bits per heavy atom. The first kappa shape index (κ1) is 15.0. The van der Waals surface area contributed by atoms with Crippen LogP contribution in [-0.2, 0) is 6.54 Å². The summed E-state index contributed by atoms with van der Waals surface area (Å²) in [6.45, 7) is 7.27. The van der Waals surface area contributed by atoms with Crippen LogP contribution in [0.1, 0.15) is 53.1 Å². The molecule has 2 rings (SSSR count). The van der Waals surface area contributed by atoms with Crippen molar-refractivity contribution in [3.63, 3.8) is 0 Å². The van der Waals surface area contributed by atoms with Gasteiger partial charge in [-0.15, -0.1) is 0 Å². The zero-order valence-electron chi connectivity index (χ0n) is 12.4. The molecule has 0 aliphatic heterocycles. The number of aromatic carboxylic acids is 1. The Balaban J connectivity index is 2.46. The van der Waals surface area contributed by atoms with Gasteiger partial charge in [-0.05, 0) is 25.5 Å². The lowest BCUT2D eigenvalue weighted by Gasteiger charge is -2.10. The molecule has 21 heavy (non-hydrogen) atoms. The minimum Gasteiger partial charge on any atom is -0.477 e. The van der Waals surface area contributed by atoms with Gasteiger partial charge in [0.2, 0.25) is 5.89 Å².